The molecule has 2 aromatic heterocycles. The predicted octanol–water partition coefficient (Wildman–Crippen LogP) is 5.64. The van der Waals surface area contributed by atoms with Crippen LogP contribution in [-0.2, 0) is 44.8 Å². The van der Waals surface area contributed by atoms with Gasteiger partial charge in [-0.05, 0) is 68.8 Å². The van der Waals surface area contributed by atoms with Crippen molar-refractivity contribution < 1.29 is 14.4 Å². The van der Waals surface area contributed by atoms with E-state index in [2.05, 4.69) is 32.5 Å². The number of imidazole rings is 2. The Labute approximate surface area is 298 Å². The van der Waals surface area contributed by atoms with Gasteiger partial charge >= 0.3 is 0 Å². The van der Waals surface area contributed by atoms with E-state index in [0.29, 0.717) is 40.5 Å². The smallest absolute Gasteiger partial charge is 0.291 e. The van der Waals surface area contributed by atoms with Crippen molar-refractivity contribution in [3.8, 4) is 11.1 Å². The summed E-state index contributed by atoms with van der Waals surface area (Å²) in [6.07, 6.45) is 6.97. The first-order valence-corrected chi connectivity index (χ1v) is 17.9. The summed E-state index contributed by atoms with van der Waals surface area (Å²) in [5, 5.41) is 6.49. The summed E-state index contributed by atoms with van der Waals surface area (Å²) in [5.74, 6) is 0.989. The molecule has 0 radical (unpaired) electrons. The van der Waals surface area contributed by atoms with Gasteiger partial charge in [-0.3, -0.25) is 14.5 Å². The number of rotatable bonds is 8. The van der Waals surface area contributed by atoms with E-state index in [1.807, 2.05) is 60.5 Å². The van der Waals surface area contributed by atoms with Crippen LogP contribution in [-0.4, -0.2) is 73.7 Å². The van der Waals surface area contributed by atoms with Crippen LogP contribution in [0.5, 0.6) is 0 Å². The number of fused-ring (bicyclic) bond motifs is 2. The largest absolute Gasteiger partial charge is 0.327 e. The van der Waals surface area contributed by atoms with Crippen LogP contribution in [0.25, 0.3) is 11.1 Å². The van der Waals surface area contributed by atoms with E-state index in [-0.39, 0.29) is 17.7 Å². The van der Waals surface area contributed by atoms with Crippen molar-refractivity contribution in [3.63, 3.8) is 0 Å². The molecule has 0 atom stereocenters. The molecule has 1 saturated carbocycles. The molecule has 12 heteroatoms. The number of hydrogen-bond donors (Lipinski definition) is 2. The third-order valence-electron chi connectivity index (χ3n) is 10.9. The number of nitrogens with one attached hydrogen (secondary N) is 2. The van der Waals surface area contributed by atoms with Gasteiger partial charge in [0.25, 0.3) is 11.8 Å². The molecule has 2 aliphatic heterocycles. The van der Waals surface area contributed by atoms with Crippen LogP contribution >= 0.6 is 11.6 Å². The van der Waals surface area contributed by atoms with Crippen molar-refractivity contribution in [1.82, 2.24) is 28.9 Å². The topological polar surface area (TPSA) is 117 Å². The number of hydrogen-bond acceptors (Lipinski definition) is 7. The number of aldehydes is 1. The molecule has 4 heterocycles. The van der Waals surface area contributed by atoms with E-state index in [1.54, 1.807) is 6.07 Å². The van der Waals surface area contributed by atoms with Crippen LogP contribution in [0.3, 0.4) is 0 Å². The van der Waals surface area contributed by atoms with Gasteiger partial charge < -0.3 is 29.5 Å². The van der Waals surface area contributed by atoms with Crippen LogP contribution < -0.4 is 10.6 Å². The fraction of sp³-hybridized carbons (Fsp3) is 0.447. The maximum Gasteiger partial charge on any atom is 0.291 e. The van der Waals surface area contributed by atoms with Crippen molar-refractivity contribution >= 4 is 41.1 Å². The number of carbonyl (C=O) groups excluding carboxylic acids is 3. The van der Waals surface area contributed by atoms with Crippen molar-refractivity contribution in [2.45, 2.75) is 58.5 Å². The summed E-state index contributed by atoms with van der Waals surface area (Å²) >= 11 is 6.96. The molecule has 50 heavy (non-hydrogen) atoms. The van der Waals surface area contributed by atoms with Crippen LogP contribution in [0.2, 0.25) is 5.02 Å². The molecule has 1 aliphatic carbocycles. The molecule has 3 aliphatic rings. The minimum atomic E-state index is -0.316. The molecule has 11 nitrogen and oxygen atoms in total. The SMILES string of the molecule is Cc1c(NC(=O)c2nc3c(n2C)CCN(CC2CCC(C=O)CC2)C3)cccc1-c1cccc(NC(=O)c2nc3c(n2C)CCN(C)C3)c1Cl. The monoisotopic (exact) mass is 696 g/mol. The van der Waals surface area contributed by atoms with Gasteiger partial charge in [-0.1, -0.05) is 35.9 Å². The quantitative estimate of drug-likeness (QED) is 0.229. The average Bonchev–Trinajstić information content (AvgIpc) is 3.62. The molecule has 0 unspecified atom stereocenters. The zero-order valence-corrected chi connectivity index (χ0v) is 30.0. The molecule has 262 valence electrons. The second kappa shape index (κ2) is 14.1. The van der Waals surface area contributed by atoms with Crippen molar-refractivity contribution in [1.29, 1.82) is 0 Å². The average molecular weight is 697 g/mol. The fourth-order valence-corrected chi connectivity index (χ4v) is 8.21. The lowest BCUT2D eigenvalue weighted by Gasteiger charge is -2.33. The molecule has 0 spiro atoms. The highest BCUT2D eigenvalue weighted by atomic mass is 35.5. The molecule has 7 rings (SSSR count). The van der Waals surface area contributed by atoms with Gasteiger partial charge in [0.15, 0.2) is 11.6 Å². The third kappa shape index (κ3) is 6.61. The maximum absolute atomic E-state index is 13.7. The predicted molar refractivity (Wildman–Crippen MR) is 194 cm³/mol. The zero-order chi connectivity index (χ0) is 35.1. The second-order valence-electron chi connectivity index (χ2n) is 14.2. The fourth-order valence-electron chi connectivity index (χ4n) is 7.93. The first-order chi connectivity index (χ1) is 24.1. The minimum absolute atomic E-state index is 0.223. The Bertz CT molecular complexity index is 1960. The van der Waals surface area contributed by atoms with E-state index in [4.69, 9.17) is 16.6 Å². The number of halogens is 1. The zero-order valence-electron chi connectivity index (χ0n) is 29.3. The number of anilines is 2. The lowest BCUT2D eigenvalue weighted by molar-refractivity contribution is -0.112. The first kappa shape index (κ1) is 34.1. The van der Waals surface area contributed by atoms with Gasteiger partial charge in [0.05, 0.1) is 22.1 Å². The summed E-state index contributed by atoms with van der Waals surface area (Å²) < 4.78 is 3.80. The summed E-state index contributed by atoms with van der Waals surface area (Å²) in [6, 6.07) is 11.3. The highest BCUT2D eigenvalue weighted by molar-refractivity contribution is 6.36. The summed E-state index contributed by atoms with van der Waals surface area (Å²) in [7, 11) is 5.85. The number of benzene rings is 2. The Morgan fingerprint density at radius 1 is 0.820 bits per heavy atom. The molecule has 2 N–H and O–H groups in total. The Morgan fingerprint density at radius 3 is 2.06 bits per heavy atom. The summed E-state index contributed by atoms with van der Waals surface area (Å²) in [5.41, 5.74) is 7.66. The highest BCUT2D eigenvalue weighted by Gasteiger charge is 2.29. The molecular formula is C38H45ClN8O3. The van der Waals surface area contributed by atoms with E-state index in [9.17, 15) is 14.4 Å². The number of carbonyl (C=O) groups is 3. The lowest BCUT2D eigenvalue weighted by atomic mass is 9.82. The van der Waals surface area contributed by atoms with Crippen molar-refractivity contribution in [3.05, 3.63) is 81.4 Å². The lowest BCUT2D eigenvalue weighted by Crippen LogP contribution is -2.36. The van der Waals surface area contributed by atoms with Crippen LogP contribution in [0.15, 0.2) is 36.4 Å². The van der Waals surface area contributed by atoms with Gasteiger partial charge in [-0.2, -0.15) is 0 Å². The number of amides is 2. The van der Waals surface area contributed by atoms with Crippen molar-refractivity contribution in [2.75, 3.05) is 37.3 Å². The Morgan fingerprint density at radius 2 is 1.40 bits per heavy atom. The van der Waals surface area contributed by atoms with Crippen LogP contribution in [0, 0.1) is 18.8 Å². The molecule has 0 saturated heterocycles. The van der Waals surface area contributed by atoms with E-state index >= 15 is 0 Å². The molecule has 2 amide bonds. The number of nitrogens with zero attached hydrogens (tertiary/aromatic N) is 6. The Balaban J connectivity index is 1.05. The number of likely N-dealkylation sites (N-methyl/N-ethyl adjacent to an activating group) is 1. The first-order valence-electron chi connectivity index (χ1n) is 17.6. The van der Waals surface area contributed by atoms with Gasteiger partial charge in [0, 0.05) is 88.2 Å². The highest BCUT2D eigenvalue weighted by Crippen LogP contribution is 2.38. The molecule has 1 fully saturated rings. The third-order valence-corrected chi connectivity index (χ3v) is 11.3. The molecule has 4 aromatic rings. The van der Waals surface area contributed by atoms with E-state index in [0.717, 1.165) is 110 Å². The Hall–Kier alpha value is -4.32. The van der Waals surface area contributed by atoms with E-state index < -0.39 is 0 Å². The van der Waals surface area contributed by atoms with E-state index in [1.165, 1.54) is 0 Å². The molecular weight excluding hydrogens is 652 g/mol. The van der Waals surface area contributed by atoms with Crippen LogP contribution in [0.1, 0.15) is 75.3 Å². The van der Waals surface area contributed by atoms with Gasteiger partial charge in [0.1, 0.15) is 6.29 Å². The maximum atomic E-state index is 13.7. The number of aromatic nitrogens is 4. The standard InChI is InChI=1S/C38H45ClN8O3/c1-23-26(27-8-6-10-29(34(27)39)43-38(50)36-40-30-20-44(2)17-15-32(30)45(36)3)7-5-9-28(23)42-37(49)35-41-31-21-47(18-16-33(31)46(35)4)19-24-11-13-25(22-48)14-12-24/h5-10,22,24-25H,11-21H2,1-4H3,(H,42,49)(H,43,50). The van der Waals surface area contributed by atoms with Gasteiger partial charge in [0.2, 0.25) is 0 Å². The Kier molecular flexibility index (Phi) is 9.65. The minimum Gasteiger partial charge on any atom is -0.327 e. The summed E-state index contributed by atoms with van der Waals surface area (Å²) in [4.78, 5) is 52.4. The van der Waals surface area contributed by atoms with Gasteiger partial charge in [-0.25, -0.2) is 9.97 Å². The van der Waals surface area contributed by atoms with Crippen molar-refractivity contribution in [2.24, 2.45) is 25.9 Å². The molecule has 2 aromatic carbocycles. The van der Waals surface area contributed by atoms with Crippen LogP contribution in [0.4, 0.5) is 11.4 Å². The second-order valence-corrected chi connectivity index (χ2v) is 14.6. The molecule has 0 bridgehead atoms. The normalized spacial score (nSPS) is 19.5. The summed E-state index contributed by atoms with van der Waals surface area (Å²) in [6.45, 7) is 6.26. The van der Waals surface area contributed by atoms with Gasteiger partial charge in [-0.15, -0.1) is 0 Å².